The van der Waals surface area contributed by atoms with Crippen molar-refractivity contribution in [2.24, 2.45) is 0 Å². The molecule has 0 amide bonds. The van der Waals surface area contributed by atoms with Crippen molar-refractivity contribution < 1.29 is 9.26 Å². The Morgan fingerprint density at radius 2 is 2.20 bits per heavy atom. The number of pyridine rings is 1. The summed E-state index contributed by atoms with van der Waals surface area (Å²) in [5, 5.41) is 7.39. The van der Waals surface area contributed by atoms with Crippen LogP contribution in [0, 0.1) is 13.8 Å². The second kappa shape index (κ2) is 5.63. The molecule has 1 N–H and O–H groups in total. The number of hydrogen-bond acceptors (Lipinski definition) is 5. The second-order valence-corrected chi connectivity index (χ2v) is 5.27. The molecule has 0 unspecified atom stereocenters. The lowest BCUT2D eigenvalue weighted by Gasteiger charge is -2.11. The smallest absolute Gasteiger partial charge is 0.142 e. The average Bonchev–Trinajstić information content (AvgIpc) is 3.17. The quantitative estimate of drug-likeness (QED) is 0.876. The third kappa shape index (κ3) is 3.36. The van der Waals surface area contributed by atoms with Crippen LogP contribution in [0.1, 0.15) is 35.7 Å². The molecule has 106 valence electrons. The maximum absolute atomic E-state index is 5.82. The zero-order valence-electron chi connectivity index (χ0n) is 11.8. The van der Waals surface area contributed by atoms with Gasteiger partial charge in [-0.15, -0.1) is 0 Å². The second-order valence-electron chi connectivity index (χ2n) is 5.27. The maximum atomic E-state index is 5.82. The third-order valence-electron chi connectivity index (χ3n) is 3.26. The van der Waals surface area contributed by atoms with Gasteiger partial charge < -0.3 is 14.6 Å². The molecule has 2 aromatic rings. The minimum atomic E-state index is 0.401. The van der Waals surface area contributed by atoms with Gasteiger partial charge in [0.1, 0.15) is 23.8 Å². The lowest BCUT2D eigenvalue weighted by atomic mass is 10.2. The SMILES string of the molecule is Cc1ccc(OCc2cc(C)on2)c(CNC2CC2)n1. The molecule has 0 aromatic carbocycles. The van der Waals surface area contributed by atoms with E-state index in [1.807, 2.05) is 32.0 Å². The van der Waals surface area contributed by atoms with E-state index >= 15 is 0 Å². The van der Waals surface area contributed by atoms with Crippen LogP contribution in [0.15, 0.2) is 22.7 Å². The van der Waals surface area contributed by atoms with Gasteiger partial charge in [0, 0.05) is 24.3 Å². The molecule has 0 aliphatic heterocycles. The summed E-state index contributed by atoms with van der Waals surface area (Å²) in [5.74, 6) is 1.60. The first kappa shape index (κ1) is 13.1. The molecule has 3 rings (SSSR count). The predicted octanol–water partition coefficient (Wildman–Crippen LogP) is 2.52. The van der Waals surface area contributed by atoms with E-state index in [0.29, 0.717) is 12.6 Å². The van der Waals surface area contributed by atoms with Crippen LogP contribution in [0.3, 0.4) is 0 Å². The third-order valence-corrected chi connectivity index (χ3v) is 3.26. The van der Waals surface area contributed by atoms with Gasteiger partial charge in [-0.3, -0.25) is 4.98 Å². The van der Waals surface area contributed by atoms with Gasteiger partial charge in [-0.2, -0.15) is 0 Å². The summed E-state index contributed by atoms with van der Waals surface area (Å²) in [5.41, 5.74) is 2.75. The number of nitrogens with zero attached hydrogens (tertiary/aromatic N) is 2. The van der Waals surface area contributed by atoms with Crippen LogP contribution in [-0.4, -0.2) is 16.2 Å². The molecule has 1 fully saturated rings. The fourth-order valence-corrected chi connectivity index (χ4v) is 2.02. The van der Waals surface area contributed by atoms with E-state index in [9.17, 15) is 0 Å². The zero-order chi connectivity index (χ0) is 13.9. The molecule has 5 nitrogen and oxygen atoms in total. The summed E-state index contributed by atoms with van der Waals surface area (Å²) in [6.07, 6.45) is 2.53. The van der Waals surface area contributed by atoms with Gasteiger partial charge in [0.15, 0.2) is 0 Å². The van der Waals surface area contributed by atoms with Crippen molar-refractivity contribution in [1.82, 2.24) is 15.5 Å². The molecular formula is C15H19N3O2. The highest BCUT2D eigenvalue weighted by Gasteiger charge is 2.21. The summed E-state index contributed by atoms with van der Waals surface area (Å²) >= 11 is 0. The first-order valence-corrected chi connectivity index (χ1v) is 6.95. The molecule has 2 aromatic heterocycles. The van der Waals surface area contributed by atoms with Gasteiger partial charge in [0.2, 0.25) is 0 Å². The van der Waals surface area contributed by atoms with Crippen LogP contribution in [0.2, 0.25) is 0 Å². The first-order chi connectivity index (χ1) is 9.70. The van der Waals surface area contributed by atoms with Crippen molar-refractivity contribution >= 4 is 0 Å². The van der Waals surface area contributed by atoms with Gasteiger partial charge in [0.05, 0.1) is 5.69 Å². The van der Waals surface area contributed by atoms with Gasteiger partial charge in [-0.25, -0.2) is 0 Å². The van der Waals surface area contributed by atoms with E-state index in [2.05, 4.69) is 15.5 Å². The molecule has 20 heavy (non-hydrogen) atoms. The zero-order valence-corrected chi connectivity index (χ0v) is 11.8. The topological polar surface area (TPSA) is 60.2 Å². The Morgan fingerprint density at radius 3 is 2.90 bits per heavy atom. The van der Waals surface area contributed by atoms with Crippen molar-refractivity contribution in [1.29, 1.82) is 0 Å². The minimum Gasteiger partial charge on any atom is -0.485 e. The number of rotatable bonds is 6. The van der Waals surface area contributed by atoms with E-state index in [4.69, 9.17) is 9.26 Å². The molecule has 0 bridgehead atoms. The van der Waals surface area contributed by atoms with Crippen molar-refractivity contribution in [3.8, 4) is 5.75 Å². The van der Waals surface area contributed by atoms with Gasteiger partial charge >= 0.3 is 0 Å². The standard InChI is InChI=1S/C15H19N3O2/c1-10-3-6-15(14(17-10)8-16-12-4-5-12)19-9-13-7-11(2)20-18-13/h3,6-7,12,16H,4-5,8-9H2,1-2H3. The fraction of sp³-hybridized carbons (Fsp3) is 0.467. The highest BCUT2D eigenvalue weighted by Crippen LogP contribution is 2.22. The summed E-state index contributed by atoms with van der Waals surface area (Å²) in [7, 11) is 0. The highest BCUT2D eigenvalue weighted by atomic mass is 16.5. The molecule has 0 saturated heterocycles. The predicted molar refractivity (Wildman–Crippen MR) is 74.4 cm³/mol. The Labute approximate surface area is 118 Å². The summed E-state index contributed by atoms with van der Waals surface area (Å²) in [4.78, 5) is 4.56. The molecule has 0 atom stereocenters. The van der Waals surface area contributed by atoms with Crippen LogP contribution < -0.4 is 10.1 Å². The Balaban J connectivity index is 1.66. The van der Waals surface area contributed by atoms with Crippen molar-refractivity contribution in [3.63, 3.8) is 0 Å². The van der Waals surface area contributed by atoms with Crippen LogP contribution in [0.4, 0.5) is 0 Å². The number of hydrogen-bond donors (Lipinski definition) is 1. The summed E-state index contributed by atoms with van der Waals surface area (Å²) in [6.45, 7) is 5.01. The number of nitrogens with one attached hydrogen (secondary N) is 1. The van der Waals surface area contributed by atoms with Crippen molar-refractivity contribution in [2.45, 2.75) is 45.9 Å². The number of ether oxygens (including phenoxy) is 1. The molecule has 0 radical (unpaired) electrons. The molecule has 0 spiro atoms. The average molecular weight is 273 g/mol. The van der Waals surface area contributed by atoms with Crippen LogP contribution in [-0.2, 0) is 13.2 Å². The van der Waals surface area contributed by atoms with Crippen LogP contribution in [0.5, 0.6) is 5.75 Å². The van der Waals surface area contributed by atoms with E-state index in [1.54, 1.807) is 0 Å². The molecule has 2 heterocycles. The highest BCUT2D eigenvalue weighted by molar-refractivity contribution is 5.29. The lowest BCUT2D eigenvalue weighted by Crippen LogP contribution is -2.17. The molecule has 1 aliphatic rings. The number of aromatic nitrogens is 2. The lowest BCUT2D eigenvalue weighted by molar-refractivity contribution is 0.283. The Hall–Kier alpha value is -1.88. The van der Waals surface area contributed by atoms with E-state index < -0.39 is 0 Å². The normalized spacial score (nSPS) is 14.5. The summed E-state index contributed by atoms with van der Waals surface area (Å²) in [6, 6.07) is 6.47. The van der Waals surface area contributed by atoms with Crippen molar-refractivity contribution in [2.75, 3.05) is 0 Å². The largest absolute Gasteiger partial charge is 0.485 e. The van der Waals surface area contributed by atoms with Gasteiger partial charge in [-0.1, -0.05) is 5.16 Å². The Bertz CT molecular complexity index is 591. The first-order valence-electron chi connectivity index (χ1n) is 6.95. The number of aryl methyl sites for hydroxylation is 2. The maximum Gasteiger partial charge on any atom is 0.142 e. The molecular weight excluding hydrogens is 254 g/mol. The van der Waals surface area contributed by atoms with Crippen LogP contribution >= 0.6 is 0 Å². The fourth-order valence-electron chi connectivity index (χ4n) is 2.02. The Morgan fingerprint density at radius 1 is 1.35 bits per heavy atom. The summed E-state index contributed by atoms with van der Waals surface area (Å²) < 4.78 is 10.9. The van der Waals surface area contributed by atoms with E-state index in [0.717, 1.165) is 35.1 Å². The minimum absolute atomic E-state index is 0.401. The molecule has 1 saturated carbocycles. The van der Waals surface area contributed by atoms with Gasteiger partial charge in [-0.05, 0) is 38.8 Å². The molecule has 5 heteroatoms. The van der Waals surface area contributed by atoms with Gasteiger partial charge in [0.25, 0.3) is 0 Å². The Kier molecular flexibility index (Phi) is 3.69. The van der Waals surface area contributed by atoms with Crippen molar-refractivity contribution in [3.05, 3.63) is 41.0 Å². The monoisotopic (exact) mass is 273 g/mol. The van der Waals surface area contributed by atoms with E-state index in [1.165, 1.54) is 12.8 Å². The van der Waals surface area contributed by atoms with E-state index in [-0.39, 0.29) is 0 Å². The molecule has 1 aliphatic carbocycles. The van der Waals surface area contributed by atoms with Crippen LogP contribution in [0.25, 0.3) is 0 Å².